The van der Waals surface area contributed by atoms with Crippen molar-refractivity contribution < 1.29 is 9.53 Å². The average Bonchev–Trinajstić information content (AvgIpc) is 2.79. The lowest BCUT2D eigenvalue weighted by Gasteiger charge is -2.18. The van der Waals surface area contributed by atoms with Gasteiger partial charge in [0.2, 0.25) is 5.91 Å². The Morgan fingerprint density at radius 2 is 1.52 bits per heavy atom. The van der Waals surface area contributed by atoms with Gasteiger partial charge >= 0.3 is 0 Å². The lowest BCUT2D eigenvalue weighted by atomic mass is 10.0. The highest BCUT2D eigenvalue weighted by Crippen LogP contribution is 2.20. The molecular weight excluding hydrogens is 384 g/mol. The molecule has 0 unspecified atom stereocenters. The maximum Gasteiger partial charge on any atom is 0.224 e. The molecule has 31 heavy (non-hydrogen) atoms. The first-order valence-electron chi connectivity index (χ1n) is 10.5. The lowest BCUT2D eigenvalue weighted by molar-refractivity contribution is -0.120. The molecule has 4 heteroatoms. The van der Waals surface area contributed by atoms with E-state index in [0.717, 1.165) is 29.1 Å². The topological polar surface area (TPSA) is 41.6 Å². The maximum absolute atomic E-state index is 12.1. The van der Waals surface area contributed by atoms with E-state index < -0.39 is 0 Å². The minimum absolute atomic E-state index is 0.0160. The average molecular weight is 415 g/mol. The van der Waals surface area contributed by atoms with Crippen molar-refractivity contribution in [2.45, 2.75) is 20.0 Å². The number of benzene rings is 3. The van der Waals surface area contributed by atoms with E-state index in [1.807, 2.05) is 61.3 Å². The summed E-state index contributed by atoms with van der Waals surface area (Å²) in [5, 5.41) is 2.94. The van der Waals surface area contributed by atoms with Crippen LogP contribution in [0.5, 0.6) is 5.75 Å². The molecule has 0 aliphatic heterocycles. The second kappa shape index (κ2) is 11.0. The second-order valence-electron chi connectivity index (χ2n) is 7.68. The van der Waals surface area contributed by atoms with E-state index in [0.29, 0.717) is 19.6 Å². The van der Waals surface area contributed by atoms with Gasteiger partial charge in [-0.15, -0.1) is 0 Å². The summed E-state index contributed by atoms with van der Waals surface area (Å²) in [6.07, 6.45) is 0.359. The molecule has 0 aliphatic rings. The summed E-state index contributed by atoms with van der Waals surface area (Å²) in [7, 11) is 1.96. The third-order valence-corrected chi connectivity index (χ3v) is 5.18. The van der Waals surface area contributed by atoms with Crippen molar-refractivity contribution in [1.82, 2.24) is 10.2 Å². The molecule has 0 bridgehead atoms. The van der Waals surface area contributed by atoms with E-state index >= 15 is 0 Å². The third-order valence-electron chi connectivity index (χ3n) is 5.18. The van der Waals surface area contributed by atoms with Gasteiger partial charge in [0.1, 0.15) is 12.4 Å². The summed E-state index contributed by atoms with van der Waals surface area (Å²) < 4.78 is 5.90. The van der Waals surface area contributed by atoms with E-state index in [1.165, 1.54) is 11.1 Å². The third kappa shape index (κ3) is 7.03. The largest absolute Gasteiger partial charge is 0.489 e. The number of likely N-dealkylation sites (N-methyl/N-ethyl adjacent to an activating group) is 1. The molecule has 0 saturated carbocycles. The van der Waals surface area contributed by atoms with Gasteiger partial charge in [0, 0.05) is 25.8 Å². The smallest absolute Gasteiger partial charge is 0.224 e. The van der Waals surface area contributed by atoms with Crippen LogP contribution in [0.3, 0.4) is 0 Å². The zero-order chi connectivity index (χ0) is 22.1. The molecule has 0 fully saturated rings. The first-order valence-corrected chi connectivity index (χ1v) is 10.5. The Morgan fingerprint density at radius 3 is 2.16 bits per heavy atom. The summed E-state index contributed by atoms with van der Waals surface area (Å²) in [4.78, 5) is 14.1. The number of hydrogen-bond acceptors (Lipinski definition) is 3. The molecule has 0 atom stereocenters. The molecule has 0 heterocycles. The highest BCUT2D eigenvalue weighted by atomic mass is 16.5. The Balaban J connectivity index is 1.44. The van der Waals surface area contributed by atoms with Gasteiger partial charge < -0.3 is 15.0 Å². The van der Waals surface area contributed by atoms with Crippen LogP contribution < -0.4 is 10.1 Å². The molecule has 0 aromatic heterocycles. The van der Waals surface area contributed by atoms with Crippen molar-refractivity contribution in [2.75, 3.05) is 20.1 Å². The van der Waals surface area contributed by atoms with Crippen molar-refractivity contribution in [3.8, 4) is 16.9 Å². The van der Waals surface area contributed by atoms with Gasteiger partial charge in [-0.2, -0.15) is 0 Å². The summed E-state index contributed by atoms with van der Waals surface area (Å²) in [6, 6.07) is 26.4. The van der Waals surface area contributed by atoms with Gasteiger partial charge in [-0.05, 0) is 41.3 Å². The minimum atomic E-state index is 0.0160. The van der Waals surface area contributed by atoms with Crippen molar-refractivity contribution in [3.63, 3.8) is 0 Å². The summed E-state index contributed by atoms with van der Waals surface area (Å²) >= 11 is 0. The van der Waals surface area contributed by atoms with Crippen molar-refractivity contribution >= 4 is 5.91 Å². The highest BCUT2D eigenvalue weighted by Gasteiger charge is 2.05. The van der Waals surface area contributed by atoms with Gasteiger partial charge in [0.15, 0.2) is 0 Å². The van der Waals surface area contributed by atoms with Crippen LogP contribution in [0.4, 0.5) is 0 Å². The van der Waals surface area contributed by atoms with Crippen LogP contribution in [0.15, 0.2) is 91.1 Å². The van der Waals surface area contributed by atoms with E-state index in [-0.39, 0.29) is 5.91 Å². The maximum atomic E-state index is 12.1. The molecule has 160 valence electrons. The van der Waals surface area contributed by atoms with Crippen LogP contribution in [-0.2, 0) is 17.8 Å². The fourth-order valence-electron chi connectivity index (χ4n) is 3.10. The molecule has 1 N–H and O–H groups in total. The number of amides is 1. The highest BCUT2D eigenvalue weighted by molar-refractivity contribution is 5.78. The number of nitrogens with zero attached hydrogens (tertiary/aromatic N) is 1. The molecule has 0 radical (unpaired) electrons. The molecule has 4 nitrogen and oxygen atoms in total. The lowest BCUT2D eigenvalue weighted by Crippen LogP contribution is -2.33. The van der Waals surface area contributed by atoms with E-state index in [4.69, 9.17) is 4.74 Å². The van der Waals surface area contributed by atoms with Gasteiger partial charge in [-0.25, -0.2) is 0 Å². The summed E-state index contributed by atoms with van der Waals surface area (Å²) in [5.74, 6) is 0.807. The summed E-state index contributed by atoms with van der Waals surface area (Å²) in [5.41, 5.74) is 5.46. The normalized spacial score (nSPS) is 10.4. The van der Waals surface area contributed by atoms with Crippen molar-refractivity contribution in [2.24, 2.45) is 0 Å². The van der Waals surface area contributed by atoms with E-state index in [2.05, 4.69) is 48.3 Å². The van der Waals surface area contributed by atoms with Crippen molar-refractivity contribution in [3.05, 3.63) is 102 Å². The Kier molecular flexibility index (Phi) is 7.88. The summed E-state index contributed by atoms with van der Waals surface area (Å²) in [6.45, 7) is 7.69. The number of carbonyl (C=O) groups is 1. The fourth-order valence-corrected chi connectivity index (χ4v) is 3.10. The Labute approximate surface area is 185 Å². The molecule has 3 aromatic carbocycles. The molecule has 1 amide bonds. The number of hydrogen-bond donors (Lipinski definition) is 1. The predicted octanol–water partition coefficient (Wildman–Crippen LogP) is 5.06. The molecule has 0 spiro atoms. The molecule has 3 aromatic rings. The predicted molar refractivity (Wildman–Crippen MR) is 127 cm³/mol. The Morgan fingerprint density at radius 1 is 0.903 bits per heavy atom. The fraction of sp³-hybridized carbons (Fsp3) is 0.222. The number of nitrogens with one attached hydrogen (secondary N) is 1. The van der Waals surface area contributed by atoms with Crippen LogP contribution in [0.2, 0.25) is 0 Å². The first kappa shape index (κ1) is 22.2. The van der Waals surface area contributed by atoms with Gasteiger partial charge in [0.05, 0.1) is 6.42 Å². The molecule has 3 rings (SSSR count). The number of ether oxygens (including phenoxy) is 1. The zero-order valence-corrected chi connectivity index (χ0v) is 18.3. The van der Waals surface area contributed by atoms with Gasteiger partial charge in [-0.1, -0.05) is 73.3 Å². The van der Waals surface area contributed by atoms with Crippen molar-refractivity contribution in [1.29, 1.82) is 0 Å². The standard InChI is InChI=1S/C27H30N2O2/c1-21(2)29(3)18-17-28-27(30)19-22-11-15-26(16-12-22)31-20-23-9-13-25(14-10-23)24-7-5-4-6-8-24/h4-16H,1,17-20H2,2-3H3,(H,28,30). The van der Waals surface area contributed by atoms with Gasteiger partial charge in [-0.3, -0.25) is 4.79 Å². The van der Waals surface area contributed by atoms with Crippen LogP contribution in [0, 0.1) is 0 Å². The quantitative estimate of drug-likeness (QED) is 0.504. The molecular formula is C27H30N2O2. The number of allylic oxidation sites excluding steroid dienone is 1. The van der Waals surface area contributed by atoms with Crippen LogP contribution in [0.25, 0.3) is 11.1 Å². The molecule has 0 aliphatic carbocycles. The SMILES string of the molecule is C=C(C)N(C)CCNC(=O)Cc1ccc(OCc2ccc(-c3ccccc3)cc2)cc1. The van der Waals surface area contributed by atoms with E-state index in [1.54, 1.807) is 0 Å². The van der Waals surface area contributed by atoms with E-state index in [9.17, 15) is 4.79 Å². The molecule has 0 saturated heterocycles. The Hall–Kier alpha value is -3.53. The second-order valence-corrected chi connectivity index (χ2v) is 7.68. The van der Waals surface area contributed by atoms with Gasteiger partial charge in [0.25, 0.3) is 0 Å². The number of rotatable bonds is 10. The minimum Gasteiger partial charge on any atom is -0.489 e. The Bertz CT molecular complexity index is 980. The monoisotopic (exact) mass is 414 g/mol. The van der Waals surface area contributed by atoms with Crippen LogP contribution in [0.1, 0.15) is 18.1 Å². The number of carbonyl (C=O) groups excluding carboxylic acids is 1. The first-order chi connectivity index (χ1) is 15.0. The van der Waals surface area contributed by atoms with Crippen LogP contribution >= 0.6 is 0 Å². The van der Waals surface area contributed by atoms with Crippen LogP contribution in [-0.4, -0.2) is 30.9 Å². The zero-order valence-electron chi connectivity index (χ0n) is 18.3.